The van der Waals surface area contributed by atoms with Gasteiger partial charge in [-0.05, 0) is 46.5 Å². The molecule has 1 aromatic heterocycles. The Labute approximate surface area is 220 Å². The first-order valence-corrected chi connectivity index (χ1v) is 12.6. The molecule has 0 aliphatic carbocycles. The van der Waals surface area contributed by atoms with Gasteiger partial charge in [-0.25, -0.2) is 4.98 Å². The van der Waals surface area contributed by atoms with Crippen molar-refractivity contribution >= 4 is 40.1 Å². The number of fused-ring (bicyclic) bond motifs is 1. The predicted molar refractivity (Wildman–Crippen MR) is 148 cm³/mol. The third-order valence-corrected chi connectivity index (χ3v) is 6.76. The number of imidazole rings is 1. The molecule has 4 aromatic carbocycles. The quantitative estimate of drug-likeness (QED) is 0.243. The van der Waals surface area contributed by atoms with Gasteiger partial charge in [0, 0.05) is 23.0 Å². The van der Waals surface area contributed by atoms with Crippen LogP contribution in [-0.2, 0) is 24.2 Å². The van der Waals surface area contributed by atoms with E-state index >= 15 is 0 Å². The maximum atomic E-state index is 12.6. The monoisotopic (exact) mass is 513 g/mol. The van der Waals surface area contributed by atoms with Gasteiger partial charge in [-0.1, -0.05) is 96.0 Å². The Kier molecular flexibility index (Phi) is 7.36. The van der Waals surface area contributed by atoms with Crippen LogP contribution in [0.1, 0.15) is 17.0 Å². The smallest absolute Gasteiger partial charge is 0.224 e. The van der Waals surface area contributed by atoms with Crippen molar-refractivity contribution in [1.29, 1.82) is 0 Å². The average Bonchev–Trinajstić information content (AvgIpc) is 3.24. The summed E-state index contributed by atoms with van der Waals surface area (Å²) in [5, 5.41) is 4.28. The highest BCUT2D eigenvalue weighted by molar-refractivity contribution is 6.35. The fourth-order valence-electron chi connectivity index (χ4n) is 4.32. The Balaban J connectivity index is 1.23. The fourth-order valence-corrected chi connectivity index (χ4v) is 4.79. The van der Waals surface area contributed by atoms with Gasteiger partial charge >= 0.3 is 0 Å². The van der Waals surface area contributed by atoms with Gasteiger partial charge in [-0.3, -0.25) is 4.79 Å². The van der Waals surface area contributed by atoms with Crippen LogP contribution in [0.5, 0.6) is 0 Å². The van der Waals surface area contributed by atoms with Crippen molar-refractivity contribution < 1.29 is 4.79 Å². The average molecular weight is 514 g/mol. The third kappa shape index (κ3) is 5.62. The molecular formula is C30H25Cl2N3O. The van der Waals surface area contributed by atoms with Crippen LogP contribution in [0.15, 0.2) is 97.1 Å². The second-order valence-electron chi connectivity index (χ2n) is 8.68. The SMILES string of the molecule is O=C(Cc1ccc(-c2ccccc2)cc1)NCCc1nc2ccccc2n1Cc1ccc(Cl)cc1Cl. The molecule has 0 unspecified atom stereocenters. The van der Waals surface area contributed by atoms with E-state index in [-0.39, 0.29) is 5.91 Å². The van der Waals surface area contributed by atoms with Gasteiger partial charge in [0.05, 0.1) is 24.0 Å². The van der Waals surface area contributed by atoms with Crippen LogP contribution in [0.4, 0.5) is 0 Å². The molecule has 36 heavy (non-hydrogen) atoms. The largest absolute Gasteiger partial charge is 0.355 e. The number of hydrogen-bond donors (Lipinski definition) is 1. The van der Waals surface area contributed by atoms with E-state index in [1.54, 1.807) is 6.07 Å². The zero-order chi connectivity index (χ0) is 24.9. The normalized spacial score (nSPS) is 11.1. The molecule has 0 saturated heterocycles. The van der Waals surface area contributed by atoms with Crippen LogP contribution in [0.3, 0.4) is 0 Å². The number of halogens is 2. The van der Waals surface area contributed by atoms with Gasteiger partial charge in [0.25, 0.3) is 0 Å². The van der Waals surface area contributed by atoms with Gasteiger partial charge in [0.1, 0.15) is 5.82 Å². The van der Waals surface area contributed by atoms with Gasteiger partial charge in [0.15, 0.2) is 0 Å². The summed E-state index contributed by atoms with van der Waals surface area (Å²) in [6.45, 7) is 1.08. The lowest BCUT2D eigenvalue weighted by molar-refractivity contribution is -0.120. The van der Waals surface area contributed by atoms with Crippen LogP contribution >= 0.6 is 23.2 Å². The molecule has 0 bridgehead atoms. The lowest BCUT2D eigenvalue weighted by Crippen LogP contribution is -2.28. The van der Waals surface area contributed by atoms with E-state index in [1.165, 1.54) is 0 Å². The summed E-state index contributed by atoms with van der Waals surface area (Å²) >= 11 is 12.5. The van der Waals surface area contributed by atoms with Crippen LogP contribution in [0.25, 0.3) is 22.2 Å². The van der Waals surface area contributed by atoms with Crippen LogP contribution in [-0.4, -0.2) is 22.0 Å². The van der Waals surface area contributed by atoms with Gasteiger partial charge in [0.2, 0.25) is 5.91 Å². The fraction of sp³-hybridized carbons (Fsp3) is 0.133. The third-order valence-electron chi connectivity index (χ3n) is 6.17. The minimum atomic E-state index is -0.00846. The number of para-hydroxylation sites is 2. The van der Waals surface area contributed by atoms with Crippen molar-refractivity contribution in [2.24, 2.45) is 0 Å². The molecule has 1 heterocycles. The van der Waals surface area contributed by atoms with E-state index in [9.17, 15) is 4.79 Å². The number of amides is 1. The van der Waals surface area contributed by atoms with Gasteiger partial charge in [-0.2, -0.15) is 0 Å². The van der Waals surface area contributed by atoms with E-state index in [4.69, 9.17) is 28.2 Å². The van der Waals surface area contributed by atoms with Crippen molar-refractivity contribution in [1.82, 2.24) is 14.9 Å². The summed E-state index contributed by atoms with van der Waals surface area (Å²) in [6.07, 6.45) is 0.949. The zero-order valence-electron chi connectivity index (χ0n) is 19.6. The summed E-state index contributed by atoms with van der Waals surface area (Å²) < 4.78 is 2.15. The van der Waals surface area contributed by atoms with Crippen LogP contribution < -0.4 is 5.32 Å². The molecule has 1 N–H and O–H groups in total. The molecule has 0 spiro atoms. The van der Waals surface area contributed by atoms with Crippen molar-refractivity contribution in [3.05, 3.63) is 124 Å². The highest BCUT2D eigenvalue weighted by atomic mass is 35.5. The molecule has 0 fully saturated rings. The Morgan fingerprint density at radius 3 is 2.33 bits per heavy atom. The van der Waals surface area contributed by atoms with Crippen molar-refractivity contribution in [2.75, 3.05) is 6.54 Å². The van der Waals surface area contributed by atoms with Crippen molar-refractivity contribution in [3.8, 4) is 11.1 Å². The van der Waals surface area contributed by atoms with Gasteiger partial charge < -0.3 is 9.88 Å². The molecule has 180 valence electrons. The lowest BCUT2D eigenvalue weighted by atomic mass is 10.0. The Morgan fingerprint density at radius 1 is 0.833 bits per heavy atom. The number of aromatic nitrogens is 2. The number of nitrogens with zero attached hydrogens (tertiary/aromatic N) is 2. The molecule has 0 atom stereocenters. The Bertz CT molecular complexity index is 1490. The second kappa shape index (κ2) is 11.0. The first-order valence-electron chi connectivity index (χ1n) is 11.9. The number of carbonyl (C=O) groups is 1. The molecule has 6 heteroatoms. The van der Waals surface area contributed by atoms with E-state index in [1.807, 2.05) is 66.7 Å². The highest BCUT2D eigenvalue weighted by Crippen LogP contribution is 2.25. The summed E-state index contributed by atoms with van der Waals surface area (Å²) in [7, 11) is 0. The van der Waals surface area contributed by atoms with Crippen molar-refractivity contribution in [2.45, 2.75) is 19.4 Å². The minimum absolute atomic E-state index is 0.00846. The van der Waals surface area contributed by atoms with E-state index < -0.39 is 0 Å². The molecule has 0 saturated carbocycles. The number of benzene rings is 4. The van der Waals surface area contributed by atoms with E-state index in [0.717, 1.165) is 39.1 Å². The molecule has 1 amide bonds. The molecule has 5 rings (SSSR count). The minimum Gasteiger partial charge on any atom is -0.355 e. The molecule has 0 radical (unpaired) electrons. The lowest BCUT2D eigenvalue weighted by Gasteiger charge is -2.12. The second-order valence-corrected chi connectivity index (χ2v) is 9.52. The standard InChI is InChI=1S/C30H25Cl2N3O/c31-25-15-14-24(26(32)19-25)20-35-28-9-5-4-8-27(28)34-29(35)16-17-33-30(36)18-21-10-12-23(13-11-21)22-6-2-1-3-7-22/h1-15,19H,16-18,20H2,(H,33,36). The van der Waals surface area contributed by atoms with E-state index in [0.29, 0.717) is 36.0 Å². The number of rotatable bonds is 8. The highest BCUT2D eigenvalue weighted by Gasteiger charge is 2.13. The predicted octanol–water partition coefficient (Wildman–Crippen LogP) is 6.96. The van der Waals surface area contributed by atoms with Crippen LogP contribution in [0.2, 0.25) is 10.0 Å². The first kappa shape index (κ1) is 24.1. The topological polar surface area (TPSA) is 46.9 Å². The Morgan fingerprint density at radius 2 is 1.56 bits per heavy atom. The summed E-state index contributed by atoms with van der Waals surface area (Å²) in [5.74, 6) is 0.889. The molecule has 4 nitrogen and oxygen atoms in total. The summed E-state index contributed by atoms with van der Waals surface area (Å²) in [5.41, 5.74) is 6.20. The maximum Gasteiger partial charge on any atom is 0.224 e. The molecule has 0 aliphatic rings. The molecular weight excluding hydrogens is 489 g/mol. The Hall–Kier alpha value is -3.60. The number of carbonyl (C=O) groups excluding carboxylic acids is 1. The van der Waals surface area contributed by atoms with Crippen LogP contribution in [0, 0.1) is 0 Å². The summed E-state index contributed by atoms with van der Waals surface area (Å²) in [6, 6.07) is 31.9. The molecule has 0 aliphatic heterocycles. The maximum absolute atomic E-state index is 12.6. The van der Waals surface area contributed by atoms with E-state index in [2.05, 4.69) is 34.1 Å². The molecule has 5 aromatic rings. The summed E-state index contributed by atoms with van der Waals surface area (Å²) in [4.78, 5) is 17.4. The number of nitrogens with one attached hydrogen (secondary N) is 1. The first-order chi connectivity index (χ1) is 17.6. The zero-order valence-corrected chi connectivity index (χ0v) is 21.1. The van der Waals surface area contributed by atoms with Gasteiger partial charge in [-0.15, -0.1) is 0 Å². The van der Waals surface area contributed by atoms with Crippen molar-refractivity contribution in [3.63, 3.8) is 0 Å². The number of hydrogen-bond acceptors (Lipinski definition) is 2.